The SMILES string of the molecule is COCCNc1cc(NC(=O)N2CCCc3cc(CN(CCN(C)C)C(C)=O)c(C=O)nc32)ncc1C#N. The molecule has 2 aromatic heterocycles. The van der Waals surface area contributed by atoms with Gasteiger partial charge >= 0.3 is 6.03 Å². The zero-order valence-corrected chi connectivity index (χ0v) is 22.3. The number of aryl methyl sites for hydroxylation is 1. The predicted octanol–water partition coefficient (Wildman–Crippen LogP) is 2.11. The molecule has 0 atom stereocenters. The Labute approximate surface area is 222 Å². The van der Waals surface area contributed by atoms with Gasteiger partial charge in [0.15, 0.2) is 6.29 Å². The summed E-state index contributed by atoms with van der Waals surface area (Å²) in [4.78, 5) is 51.3. The normalized spacial score (nSPS) is 12.5. The van der Waals surface area contributed by atoms with Crippen molar-refractivity contribution in [2.24, 2.45) is 0 Å². The lowest BCUT2D eigenvalue weighted by Crippen LogP contribution is -2.40. The summed E-state index contributed by atoms with van der Waals surface area (Å²) in [5.41, 5.74) is 2.55. The van der Waals surface area contributed by atoms with Crippen LogP contribution in [0.15, 0.2) is 18.3 Å². The summed E-state index contributed by atoms with van der Waals surface area (Å²) < 4.78 is 5.04. The lowest BCUT2D eigenvalue weighted by atomic mass is 10.0. The van der Waals surface area contributed by atoms with Gasteiger partial charge in [-0.1, -0.05) is 0 Å². The number of aldehydes is 1. The zero-order chi connectivity index (χ0) is 27.7. The number of nitriles is 1. The zero-order valence-electron chi connectivity index (χ0n) is 22.3. The third-order valence-electron chi connectivity index (χ3n) is 6.14. The van der Waals surface area contributed by atoms with Crippen LogP contribution in [-0.2, 0) is 22.5 Å². The number of aromatic nitrogens is 2. The van der Waals surface area contributed by atoms with E-state index in [1.807, 2.05) is 25.1 Å². The van der Waals surface area contributed by atoms with Gasteiger partial charge in [-0.15, -0.1) is 0 Å². The lowest BCUT2D eigenvalue weighted by molar-refractivity contribution is -0.129. The van der Waals surface area contributed by atoms with E-state index in [9.17, 15) is 19.6 Å². The maximum absolute atomic E-state index is 13.2. The van der Waals surface area contributed by atoms with Crippen LogP contribution in [0.2, 0.25) is 0 Å². The third kappa shape index (κ3) is 7.24. The molecule has 0 bridgehead atoms. The van der Waals surface area contributed by atoms with Crippen molar-refractivity contribution < 1.29 is 19.1 Å². The number of fused-ring (bicyclic) bond motifs is 1. The molecule has 0 unspecified atom stereocenters. The fraction of sp³-hybridized carbons (Fsp3) is 0.462. The molecule has 0 saturated carbocycles. The topological polar surface area (TPSA) is 144 Å². The minimum absolute atomic E-state index is 0.0894. The largest absolute Gasteiger partial charge is 0.383 e. The molecule has 3 heterocycles. The highest BCUT2D eigenvalue weighted by atomic mass is 16.5. The summed E-state index contributed by atoms with van der Waals surface area (Å²) >= 11 is 0. The Balaban J connectivity index is 1.82. The summed E-state index contributed by atoms with van der Waals surface area (Å²) in [5, 5.41) is 15.2. The average Bonchev–Trinajstić information content (AvgIpc) is 2.90. The van der Waals surface area contributed by atoms with Gasteiger partial charge in [0, 0.05) is 64.6 Å². The fourth-order valence-corrected chi connectivity index (χ4v) is 4.08. The number of rotatable bonds is 11. The van der Waals surface area contributed by atoms with Gasteiger partial charge in [0.05, 0.1) is 17.9 Å². The Kier molecular flexibility index (Phi) is 10.1. The standard InChI is InChI=1S/C26H34N8O4/c1-18(36)33(10-9-32(2)3)16-20-12-19-6-5-8-34(25(19)30-23(20)17-35)26(37)31-24-13-22(28-7-11-38-4)21(14-27)15-29-24/h12-13,15,17H,5-11,16H2,1-4H3,(H2,28,29,31,37). The van der Waals surface area contributed by atoms with E-state index in [0.717, 1.165) is 5.56 Å². The average molecular weight is 523 g/mol. The molecule has 0 saturated heterocycles. The van der Waals surface area contributed by atoms with Gasteiger partial charge in [-0.3, -0.25) is 19.8 Å². The summed E-state index contributed by atoms with van der Waals surface area (Å²) in [5.74, 6) is 0.592. The first-order valence-electron chi connectivity index (χ1n) is 12.4. The molecular formula is C26H34N8O4. The van der Waals surface area contributed by atoms with Gasteiger partial charge in [-0.25, -0.2) is 14.8 Å². The maximum atomic E-state index is 13.2. The van der Waals surface area contributed by atoms with Crippen LogP contribution < -0.4 is 15.5 Å². The van der Waals surface area contributed by atoms with Crippen molar-refractivity contribution in [1.29, 1.82) is 5.26 Å². The molecule has 3 rings (SSSR count). The van der Waals surface area contributed by atoms with Gasteiger partial charge in [0.1, 0.15) is 23.4 Å². The number of nitrogens with one attached hydrogen (secondary N) is 2. The second-order valence-electron chi connectivity index (χ2n) is 9.21. The molecule has 0 spiro atoms. The van der Waals surface area contributed by atoms with Crippen LogP contribution in [0.1, 0.15) is 40.5 Å². The van der Waals surface area contributed by atoms with Crippen molar-refractivity contribution in [3.05, 3.63) is 40.7 Å². The number of ether oxygens (including phenoxy) is 1. The summed E-state index contributed by atoms with van der Waals surface area (Å²) in [6, 6.07) is 5.09. The minimum atomic E-state index is -0.445. The van der Waals surface area contributed by atoms with E-state index < -0.39 is 6.03 Å². The number of amides is 3. The van der Waals surface area contributed by atoms with Gasteiger partial charge in [-0.05, 0) is 38.6 Å². The fourth-order valence-electron chi connectivity index (χ4n) is 4.08. The molecule has 12 nitrogen and oxygen atoms in total. The Morgan fingerprint density at radius 2 is 2.08 bits per heavy atom. The quantitative estimate of drug-likeness (QED) is 0.335. The van der Waals surface area contributed by atoms with Gasteiger partial charge < -0.3 is 19.9 Å². The second-order valence-corrected chi connectivity index (χ2v) is 9.21. The number of likely N-dealkylation sites (N-methyl/N-ethyl adjacent to an activating group) is 1. The lowest BCUT2D eigenvalue weighted by Gasteiger charge is -2.30. The van der Waals surface area contributed by atoms with Crippen LogP contribution in [0.3, 0.4) is 0 Å². The van der Waals surface area contributed by atoms with E-state index in [0.29, 0.717) is 74.5 Å². The van der Waals surface area contributed by atoms with Crippen molar-refractivity contribution in [3.63, 3.8) is 0 Å². The Morgan fingerprint density at radius 3 is 2.74 bits per heavy atom. The van der Waals surface area contributed by atoms with Crippen molar-refractivity contribution in [2.75, 3.05) is 69.5 Å². The summed E-state index contributed by atoms with van der Waals surface area (Å²) in [7, 11) is 5.45. The summed E-state index contributed by atoms with van der Waals surface area (Å²) in [6.07, 6.45) is 3.45. The first-order valence-corrected chi connectivity index (χ1v) is 12.4. The van der Waals surface area contributed by atoms with Crippen LogP contribution in [0.5, 0.6) is 0 Å². The summed E-state index contributed by atoms with van der Waals surface area (Å²) in [6.45, 7) is 4.33. The highest BCUT2D eigenvalue weighted by Gasteiger charge is 2.27. The maximum Gasteiger partial charge on any atom is 0.328 e. The van der Waals surface area contributed by atoms with Gasteiger partial charge in [0.2, 0.25) is 5.91 Å². The molecule has 12 heteroatoms. The van der Waals surface area contributed by atoms with E-state index in [1.165, 1.54) is 18.0 Å². The molecule has 0 fully saturated rings. The van der Waals surface area contributed by atoms with Crippen molar-refractivity contribution in [1.82, 2.24) is 19.8 Å². The van der Waals surface area contributed by atoms with E-state index in [1.54, 1.807) is 18.1 Å². The third-order valence-corrected chi connectivity index (χ3v) is 6.14. The molecule has 0 radical (unpaired) electrons. The molecule has 0 aromatic carbocycles. The number of carbonyl (C=O) groups is 3. The molecule has 202 valence electrons. The molecule has 2 N–H and O–H groups in total. The number of carbonyl (C=O) groups excluding carboxylic acids is 3. The Hall–Kier alpha value is -4.08. The van der Waals surface area contributed by atoms with E-state index in [2.05, 4.69) is 26.7 Å². The van der Waals surface area contributed by atoms with Crippen LogP contribution in [0.4, 0.5) is 22.1 Å². The van der Waals surface area contributed by atoms with Crippen molar-refractivity contribution >= 4 is 35.5 Å². The van der Waals surface area contributed by atoms with Crippen LogP contribution in [-0.4, -0.2) is 92.0 Å². The minimum Gasteiger partial charge on any atom is -0.383 e. The van der Waals surface area contributed by atoms with E-state index >= 15 is 0 Å². The highest BCUT2D eigenvalue weighted by Crippen LogP contribution is 2.28. The van der Waals surface area contributed by atoms with Crippen LogP contribution in [0, 0.1) is 11.3 Å². The second kappa shape index (κ2) is 13.5. The van der Waals surface area contributed by atoms with Gasteiger partial charge in [0.25, 0.3) is 0 Å². The first-order chi connectivity index (χ1) is 18.3. The Bertz CT molecular complexity index is 1210. The number of anilines is 3. The molecule has 2 aromatic rings. The molecule has 38 heavy (non-hydrogen) atoms. The molecule has 1 aliphatic rings. The molecular weight excluding hydrogens is 488 g/mol. The number of hydrogen-bond acceptors (Lipinski definition) is 9. The van der Waals surface area contributed by atoms with Crippen LogP contribution >= 0.6 is 0 Å². The smallest absolute Gasteiger partial charge is 0.328 e. The predicted molar refractivity (Wildman–Crippen MR) is 143 cm³/mol. The van der Waals surface area contributed by atoms with E-state index in [4.69, 9.17) is 4.74 Å². The highest BCUT2D eigenvalue weighted by molar-refractivity contribution is 6.01. The van der Waals surface area contributed by atoms with Gasteiger partial charge in [-0.2, -0.15) is 5.26 Å². The molecule has 1 aliphatic heterocycles. The monoisotopic (exact) mass is 522 g/mol. The number of methoxy groups -OCH3 is 1. The van der Waals surface area contributed by atoms with Crippen LogP contribution in [0.25, 0.3) is 0 Å². The number of pyridine rings is 2. The Morgan fingerprint density at radius 1 is 1.29 bits per heavy atom. The molecule has 0 aliphatic carbocycles. The van der Waals surface area contributed by atoms with Crippen molar-refractivity contribution in [2.45, 2.75) is 26.3 Å². The number of urea groups is 1. The van der Waals surface area contributed by atoms with Crippen molar-refractivity contribution in [3.8, 4) is 6.07 Å². The number of nitrogens with zero attached hydrogens (tertiary/aromatic N) is 6. The first kappa shape index (κ1) is 28.5. The molecule has 3 amide bonds. The van der Waals surface area contributed by atoms with E-state index in [-0.39, 0.29) is 24.0 Å². The number of hydrogen-bond donors (Lipinski definition) is 2.